The Morgan fingerprint density at radius 1 is 1.56 bits per heavy atom. The number of nitrogens with one attached hydrogen (secondary N) is 1. The van der Waals surface area contributed by atoms with E-state index in [2.05, 4.69) is 25.2 Å². The fraction of sp³-hybridized carbons (Fsp3) is 0.667. The maximum atomic E-state index is 11.8. The third kappa shape index (κ3) is 2.77. The van der Waals surface area contributed by atoms with Gasteiger partial charge in [-0.15, -0.1) is 0 Å². The Labute approximate surface area is 109 Å². The van der Waals surface area contributed by atoms with Gasteiger partial charge in [-0.2, -0.15) is 0 Å². The summed E-state index contributed by atoms with van der Waals surface area (Å²) in [6, 6.07) is 2.18. The molecule has 0 aromatic carbocycles. The predicted molar refractivity (Wildman–Crippen MR) is 71.3 cm³/mol. The molecule has 1 aromatic rings. The predicted octanol–water partition coefficient (Wildman–Crippen LogP) is 3.52. The normalized spacial score (nSPS) is 21.4. The highest BCUT2D eigenvalue weighted by atomic mass is 16.3. The Morgan fingerprint density at radius 2 is 2.28 bits per heavy atom. The second-order valence-electron chi connectivity index (χ2n) is 6.15. The first-order chi connectivity index (χ1) is 8.41. The van der Waals surface area contributed by atoms with Gasteiger partial charge < -0.3 is 9.73 Å². The van der Waals surface area contributed by atoms with E-state index < -0.39 is 0 Å². The summed E-state index contributed by atoms with van der Waals surface area (Å²) in [6.45, 7) is 8.45. The molecule has 3 nitrogen and oxygen atoms in total. The highest BCUT2D eigenvalue weighted by Gasteiger charge is 2.35. The SMILES string of the molecule is CCCC(=O)N[C@H]1CC(C)(C)Cc2oc(C)cc21. The molecule has 0 unspecified atom stereocenters. The van der Waals surface area contributed by atoms with Gasteiger partial charge in [0.1, 0.15) is 11.5 Å². The molecule has 0 fully saturated rings. The Morgan fingerprint density at radius 3 is 2.94 bits per heavy atom. The average molecular weight is 249 g/mol. The molecule has 0 bridgehead atoms. The molecule has 1 aliphatic carbocycles. The van der Waals surface area contributed by atoms with Crippen LogP contribution >= 0.6 is 0 Å². The van der Waals surface area contributed by atoms with Crippen LogP contribution in [0.1, 0.15) is 63.2 Å². The molecule has 1 amide bonds. The van der Waals surface area contributed by atoms with Gasteiger partial charge >= 0.3 is 0 Å². The number of hydrogen-bond acceptors (Lipinski definition) is 2. The number of aryl methyl sites for hydroxylation is 1. The van der Waals surface area contributed by atoms with E-state index in [0.717, 1.165) is 30.8 Å². The number of hydrogen-bond donors (Lipinski definition) is 1. The smallest absolute Gasteiger partial charge is 0.220 e. The van der Waals surface area contributed by atoms with Gasteiger partial charge in [0, 0.05) is 18.4 Å². The zero-order valence-corrected chi connectivity index (χ0v) is 11.8. The van der Waals surface area contributed by atoms with Crippen molar-refractivity contribution in [1.29, 1.82) is 0 Å². The number of amides is 1. The minimum atomic E-state index is 0.111. The Balaban J connectivity index is 2.21. The van der Waals surface area contributed by atoms with Crippen LogP contribution in [0.2, 0.25) is 0 Å². The van der Waals surface area contributed by atoms with Crippen LogP contribution in [0.4, 0.5) is 0 Å². The molecule has 0 saturated carbocycles. The molecule has 0 aliphatic heterocycles. The van der Waals surface area contributed by atoms with Crippen molar-refractivity contribution in [2.75, 3.05) is 0 Å². The van der Waals surface area contributed by atoms with Crippen LogP contribution < -0.4 is 5.32 Å². The molecular weight excluding hydrogens is 226 g/mol. The van der Waals surface area contributed by atoms with Crippen LogP contribution in [-0.2, 0) is 11.2 Å². The first-order valence-electron chi connectivity index (χ1n) is 6.80. The second kappa shape index (κ2) is 4.79. The van der Waals surface area contributed by atoms with E-state index in [1.54, 1.807) is 0 Å². The van der Waals surface area contributed by atoms with E-state index in [4.69, 9.17) is 4.42 Å². The van der Waals surface area contributed by atoms with E-state index in [1.807, 2.05) is 13.8 Å². The van der Waals surface area contributed by atoms with Crippen LogP contribution in [-0.4, -0.2) is 5.91 Å². The zero-order valence-electron chi connectivity index (χ0n) is 11.8. The van der Waals surface area contributed by atoms with Crippen molar-refractivity contribution < 1.29 is 9.21 Å². The minimum Gasteiger partial charge on any atom is -0.466 e. The van der Waals surface area contributed by atoms with Gasteiger partial charge in [0.15, 0.2) is 0 Å². The maximum Gasteiger partial charge on any atom is 0.220 e. The number of carbonyl (C=O) groups is 1. The second-order valence-corrected chi connectivity index (χ2v) is 6.15. The Bertz CT molecular complexity index is 445. The molecule has 1 atom stereocenters. The van der Waals surface area contributed by atoms with Gasteiger partial charge in [-0.05, 0) is 31.2 Å². The van der Waals surface area contributed by atoms with Crippen molar-refractivity contribution in [1.82, 2.24) is 5.32 Å². The van der Waals surface area contributed by atoms with E-state index in [9.17, 15) is 4.79 Å². The molecule has 1 N–H and O–H groups in total. The van der Waals surface area contributed by atoms with Gasteiger partial charge in [-0.25, -0.2) is 0 Å². The van der Waals surface area contributed by atoms with Crippen LogP contribution in [0.15, 0.2) is 10.5 Å². The number of furan rings is 1. The molecule has 2 rings (SSSR count). The number of rotatable bonds is 3. The van der Waals surface area contributed by atoms with E-state index in [-0.39, 0.29) is 17.4 Å². The highest BCUT2D eigenvalue weighted by Crippen LogP contribution is 2.41. The van der Waals surface area contributed by atoms with Crippen molar-refractivity contribution in [2.45, 2.75) is 59.4 Å². The summed E-state index contributed by atoms with van der Waals surface area (Å²) in [5.41, 5.74) is 1.36. The fourth-order valence-corrected chi connectivity index (χ4v) is 2.81. The summed E-state index contributed by atoms with van der Waals surface area (Å²) in [4.78, 5) is 11.8. The van der Waals surface area contributed by atoms with Crippen molar-refractivity contribution in [3.63, 3.8) is 0 Å². The molecule has 0 radical (unpaired) electrons. The van der Waals surface area contributed by atoms with Crippen LogP contribution in [0.3, 0.4) is 0 Å². The third-order valence-electron chi connectivity index (χ3n) is 3.55. The molecule has 1 aliphatic rings. The summed E-state index contributed by atoms with van der Waals surface area (Å²) >= 11 is 0. The lowest BCUT2D eigenvalue weighted by molar-refractivity contribution is -0.122. The molecule has 18 heavy (non-hydrogen) atoms. The highest BCUT2D eigenvalue weighted by molar-refractivity contribution is 5.76. The lowest BCUT2D eigenvalue weighted by atomic mass is 9.74. The van der Waals surface area contributed by atoms with Crippen LogP contribution in [0.5, 0.6) is 0 Å². The molecule has 1 heterocycles. The van der Waals surface area contributed by atoms with Crippen molar-refractivity contribution in [3.8, 4) is 0 Å². The average Bonchev–Trinajstić information content (AvgIpc) is 2.57. The standard InChI is InChI=1S/C15H23NO2/c1-5-6-14(17)16-12-8-15(3,4)9-13-11(12)7-10(2)18-13/h7,12H,5-6,8-9H2,1-4H3,(H,16,17)/t12-/m0/s1. The van der Waals surface area contributed by atoms with Gasteiger partial charge in [0.2, 0.25) is 5.91 Å². The number of fused-ring (bicyclic) bond motifs is 1. The largest absolute Gasteiger partial charge is 0.466 e. The molecule has 1 aromatic heterocycles. The van der Waals surface area contributed by atoms with E-state index >= 15 is 0 Å². The van der Waals surface area contributed by atoms with E-state index in [0.29, 0.717) is 6.42 Å². The van der Waals surface area contributed by atoms with Crippen LogP contribution in [0, 0.1) is 12.3 Å². The van der Waals surface area contributed by atoms with Gasteiger partial charge in [-0.1, -0.05) is 20.8 Å². The summed E-state index contributed by atoms with van der Waals surface area (Å²) in [7, 11) is 0. The topological polar surface area (TPSA) is 42.2 Å². The molecule has 0 saturated heterocycles. The lowest BCUT2D eigenvalue weighted by Crippen LogP contribution is -2.35. The Kier molecular flexibility index (Phi) is 3.51. The third-order valence-corrected chi connectivity index (χ3v) is 3.55. The first kappa shape index (κ1) is 13.2. The monoisotopic (exact) mass is 249 g/mol. The molecular formula is C15H23NO2. The quantitative estimate of drug-likeness (QED) is 0.890. The van der Waals surface area contributed by atoms with Gasteiger partial charge in [0.05, 0.1) is 6.04 Å². The van der Waals surface area contributed by atoms with Gasteiger partial charge in [-0.3, -0.25) is 4.79 Å². The molecule has 100 valence electrons. The fourth-order valence-electron chi connectivity index (χ4n) is 2.81. The Hall–Kier alpha value is -1.25. The summed E-state index contributed by atoms with van der Waals surface area (Å²) in [5.74, 6) is 2.13. The van der Waals surface area contributed by atoms with Crippen LogP contribution in [0.25, 0.3) is 0 Å². The maximum absolute atomic E-state index is 11.8. The first-order valence-corrected chi connectivity index (χ1v) is 6.80. The van der Waals surface area contributed by atoms with Crippen molar-refractivity contribution in [3.05, 3.63) is 23.2 Å². The minimum absolute atomic E-state index is 0.111. The summed E-state index contributed by atoms with van der Waals surface area (Å²) < 4.78 is 5.76. The van der Waals surface area contributed by atoms with Crippen molar-refractivity contribution >= 4 is 5.91 Å². The summed E-state index contributed by atoms with van der Waals surface area (Å²) in [5, 5.41) is 3.15. The van der Waals surface area contributed by atoms with Gasteiger partial charge in [0.25, 0.3) is 0 Å². The summed E-state index contributed by atoms with van der Waals surface area (Å²) in [6.07, 6.45) is 3.42. The van der Waals surface area contributed by atoms with E-state index in [1.165, 1.54) is 5.56 Å². The zero-order chi connectivity index (χ0) is 13.3. The number of carbonyl (C=O) groups excluding carboxylic acids is 1. The lowest BCUT2D eigenvalue weighted by Gasteiger charge is -2.34. The molecule has 0 spiro atoms. The molecule has 3 heteroatoms. The van der Waals surface area contributed by atoms with Crippen molar-refractivity contribution in [2.24, 2.45) is 5.41 Å².